The van der Waals surface area contributed by atoms with Crippen molar-refractivity contribution < 1.29 is 24.0 Å². The fraction of sp³-hybridized carbons (Fsp3) is 0.487. The quantitative estimate of drug-likeness (QED) is 0.0877. The Morgan fingerprint density at radius 1 is 0.267 bits per heavy atom. The van der Waals surface area contributed by atoms with Gasteiger partial charge in [-0.05, 0) is 193 Å². The second kappa shape index (κ2) is 36.5. The lowest BCUT2D eigenvalue weighted by Gasteiger charge is -2.30. The lowest BCUT2D eigenvalue weighted by Crippen LogP contribution is -2.36. The van der Waals surface area contributed by atoms with E-state index in [0.717, 1.165) is 64.2 Å². The average Bonchev–Trinajstić information content (AvgIpc) is 1.88. The first-order valence-corrected chi connectivity index (χ1v) is 34.1. The Bertz CT molecular complexity index is 3140. The molecule has 10 atom stereocenters. The Labute approximate surface area is 540 Å². The van der Waals surface area contributed by atoms with E-state index in [1.165, 1.54) is 125 Å². The molecule has 5 aliphatic rings. The van der Waals surface area contributed by atoms with Crippen LogP contribution in [0.4, 0.5) is 0 Å². The van der Waals surface area contributed by atoms with Crippen LogP contribution in [0, 0.1) is 27.7 Å². The third-order valence-corrected chi connectivity index (χ3v) is 18.9. The normalized spacial score (nSPS) is 23.6. The van der Waals surface area contributed by atoms with Gasteiger partial charge in [0.15, 0.2) is 0 Å². The second-order valence-electron chi connectivity index (χ2n) is 26.9. The van der Waals surface area contributed by atoms with E-state index in [-0.39, 0.29) is 29.5 Å². The SMILES string of the molecule is CC(=O)N[C@H]1CCC[C@@H](c2cc(C)cc(C)c2)C1.CC(=O)N[C@H]1CCC[C@@H](c2ccc(-c3ccccc3)cc2)C1.CC(=O)N[C@H]1CCC[C@@H](c2ccc(C)cc2)C1.CC(=O)N[C@H]1CCC[C@@H](c2cccc(C)c2)C1.CC(=O)N[C@H]1CCC[C@@H](c2ccccc2)C1. The molecule has 10 heteroatoms. The monoisotopic (exact) mass is 1220 g/mol. The summed E-state index contributed by atoms with van der Waals surface area (Å²) in [5.41, 5.74) is 14.9. The van der Waals surface area contributed by atoms with Gasteiger partial charge in [-0.1, -0.05) is 206 Å². The Kier molecular flexibility index (Phi) is 28.4. The van der Waals surface area contributed by atoms with E-state index in [2.05, 4.69) is 200 Å². The number of carbonyl (C=O) groups excluding carboxylic acids is 5. The zero-order chi connectivity index (χ0) is 64.4. The summed E-state index contributed by atoms with van der Waals surface area (Å²) in [5.74, 6) is 3.49. The van der Waals surface area contributed by atoms with Gasteiger partial charge in [-0.25, -0.2) is 0 Å². The molecule has 5 amide bonds. The molecule has 6 aromatic carbocycles. The fourth-order valence-corrected chi connectivity index (χ4v) is 14.9. The van der Waals surface area contributed by atoms with Crippen molar-refractivity contribution in [1.82, 2.24) is 26.6 Å². The lowest BCUT2D eigenvalue weighted by atomic mass is 9.80. The summed E-state index contributed by atoms with van der Waals surface area (Å²) in [6.07, 6.45) is 23.3. The molecule has 0 saturated heterocycles. The molecular weight excluding hydrogens is 1110 g/mol. The van der Waals surface area contributed by atoms with Crippen molar-refractivity contribution in [2.24, 2.45) is 0 Å². The van der Waals surface area contributed by atoms with Gasteiger partial charge in [-0.2, -0.15) is 0 Å². The van der Waals surface area contributed by atoms with E-state index in [4.69, 9.17) is 0 Å². The summed E-state index contributed by atoms with van der Waals surface area (Å²) in [6.45, 7) is 16.6. The molecule has 0 spiro atoms. The molecule has 0 bridgehead atoms. The topological polar surface area (TPSA) is 146 Å². The molecule has 0 unspecified atom stereocenters. The molecule has 482 valence electrons. The van der Waals surface area contributed by atoms with Crippen molar-refractivity contribution in [1.29, 1.82) is 0 Å². The smallest absolute Gasteiger partial charge is 0.217 e. The first-order valence-electron chi connectivity index (χ1n) is 34.1. The van der Waals surface area contributed by atoms with E-state index in [1.807, 2.05) is 6.07 Å². The molecule has 5 saturated carbocycles. The van der Waals surface area contributed by atoms with Crippen molar-refractivity contribution in [3.05, 3.63) is 202 Å². The number of hydrogen-bond acceptors (Lipinski definition) is 5. The van der Waals surface area contributed by atoms with Crippen molar-refractivity contribution in [3.63, 3.8) is 0 Å². The van der Waals surface area contributed by atoms with Crippen LogP contribution in [0.3, 0.4) is 0 Å². The molecular formula is C80H107N5O5. The van der Waals surface area contributed by atoms with Crippen LogP contribution in [0.5, 0.6) is 0 Å². The van der Waals surface area contributed by atoms with Crippen LogP contribution < -0.4 is 26.6 Å². The van der Waals surface area contributed by atoms with Crippen molar-refractivity contribution in [3.8, 4) is 11.1 Å². The van der Waals surface area contributed by atoms with E-state index >= 15 is 0 Å². The van der Waals surface area contributed by atoms with Gasteiger partial charge in [-0.15, -0.1) is 0 Å². The molecule has 0 aliphatic heterocycles. The minimum atomic E-state index is 0.0880. The highest BCUT2D eigenvalue weighted by Gasteiger charge is 2.28. The maximum Gasteiger partial charge on any atom is 0.217 e. The Morgan fingerprint density at radius 2 is 0.556 bits per heavy atom. The molecule has 10 nitrogen and oxygen atoms in total. The van der Waals surface area contributed by atoms with Gasteiger partial charge in [-0.3, -0.25) is 24.0 Å². The fourth-order valence-electron chi connectivity index (χ4n) is 14.9. The Morgan fingerprint density at radius 3 is 0.911 bits per heavy atom. The number of hydrogen-bond donors (Lipinski definition) is 5. The highest BCUT2D eigenvalue weighted by atomic mass is 16.2. The molecule has 90 heavy (non-hydrogen) atoms. The number of amides is 5. The van der Waals surface area contributed by atoms with E-state index < -0.39 is 0 Å². The number of benzene rings is 6. The van der Waals surface area contributed by atoms with E-state index in [0.29, 0.717) is 59.8 Å². The largest absolute Gasteiger partial charge is 0.354 e. The summed E-state index contributed by atoms with van der Waals surface area (Å²) in [5, 5.41) is 15.3. The van der Waals surface area contributed by atoms with Gasteiger partial charge in [0, 0.05) is 64.8 Å². The number of rotatable bonds is 11. The van der Waals surface area contributed by atoms with Gasteiger partial charge in [0.05, 0.1) is 0 Å². The van der Waals surface area contributed by atoms with Gasteiger partial charge < -0.3 is 26.6 Å². The molecule has 0 heterocycles. The summed E-state index contributed by atoms with van der Waals surface area (Å²) in [6, 6.07) is 56.2. The summed E-state index contributed by atoms with van der Waals surface area (Å²) in [7, 11) is 0. The van der Waals surface area contributed by atoms with Crippen LogP contribution in [0.1, 0.15) is 243 Å². The first-order chi connectivity index (χ1) is 43.3. The minimum Gasteiger partial charge on any atom is -0.354 e. The van der Waals surface area contributed by atoms with Crippen molar-refractivity contribution in [2.45, 2.75) is 251 Å². The second-order valence-corrected chi connectivity index (χ2v) is 26.9. The summed E-state index contributed by atoms with van der Waals surface area (Å²) in [4.78, 5) is 55.6. The first kappa shape index (κ1) is 70.1. The Hall–Kier alpha value is -7.33. The van der Waals surface area contributed by atoms with E-state index in [9.17, 15) is 24.0 Å². The summed E-state index contributed by atoms with van der Waals surface area (Å²) >= 11 is 0. The maximum absolute atomic E-state index is 11.2. The molecule has 11 rings (SSSR count). The average molecular weight is 1220 g/mol. The number of aryl methyl sites for hydroxylation is 4. The maximum atomic E-state index is 11.2. The van der Waals surface area contributed by atoms with Gasteiger partial charge in [0.1, 0.15) is 0 Å². The van der Waals surface area contributed by atoms with Crippen LogP contribution in [0.2, 0.25) is 0 Å². The van der Waals surface area contributed by atoms with Gasteiger partial charge in [0.25, 0.3) is 0 Å². The van der Waals surface area contributed by atoms with Crippen LogP contribution in [-0.2, 0) is 24.0 Å². The molecule has 5 aliphatic carbocycles. The highest BCUT2D eigenvalue weighted by Crippen LogP contribution is 2.38. The van der Waals surface area contributed by atoms with Crippen LogP contribution in [-0.4, -0.2) is 59.7 Å². The zero-order valence-corrected chi connectivity index (χ0v) is 55.9. The van der Waals surface area contributed by atoms with Crippen LogP contribution >= 0.6 is 0 Å². The molecule has 0 aromatic heterocycles. The van der Waals surface area contributed by atoms with Gasteiger partial charge in [0.2, 0.25) is 29.5 Å². The standard InChI is InChI=1S/C20H23NO.C16H23NO.2C15H21NO.C14H19NO/c1-15(22)21-20-9-5-8-19(14-20)18-12-10-17(11-13-18)16-6-3-2-4-7-16;1-11-7-12(2)9-15(8-11)14-5-4-6-16(10-14)17-13(3)18;1-11-5-3-6-13(9-11)14-7-4-8-15(10-14)16-12(2)17;1-11-6-8-13(9-7-11)14-4-3-5-15(10-14)16-12(2)17;1-11(16)15-14-9-5-8-13(10-14)12-6-3-2-4-7-12/h2-4,6-7,10-13,19-20H,5,8-9,14H2,1H3,(H,21,22);7-9,14,16H,4-6,10H2,1-3H3,(H,17,18);3,5-6,9,14-15H,4,7-8,10H2,1-2H3,(H,16,17);6-9,14-15H,3-5,10H2,1-2H3,(H,16,17);2-4,6-7,13-14H,5,8-10H2,1H3,(H,15,16)/t19-,20+;14-,16+;2*14-,15+;13-,14+/m11111/s1. The van der Waals surface area contributed by atoms with Gasteiger partial charge >= 0.3 is 0 Å². The minimum absolute atomic E-state index is 0.0880. The molecule has 5 fully saturated rings. The summed E-state index contributed by atoms with van der Waals surface area (Å²) < 4.78 is 0. The highest BCUT2D eigenvalue weighted by molar-refractivity contribution is 5.75. The van der Waals surface area contributed by atoms with Crippen LogP contribution in [0.15, 0.2) is 152 Å². The third-order valence-electron chi connectivity index (χ3n) is 18.9. The number of nitrogens with one attached hydrogen (secondary N) is 5. The molecule has 5 N–H and O–H groups in total. The van der Waals surface area contributed by atoms with Crippen LogP contribution in [0.25, 0.3) is 11.1 Å². The predicted molar refractivity (Wildman–Crippen MR) is 371 cm³/mol. The number of carbonyl (C=O) groups is 5. The van der Waals surface area contributed by atoms with E-state index in [1.54, 1.807) is 34.6 Å². The van der Waals surface area contributed by atoms with Crippen molar-refractivity contribution in [2.75, 3.05) is 0 Å². The lowest BCUT2D eigenvalue weighted by molar-refractivity contribution is -0.120. The Balaban J connectivity index is 0.000000161. The van der Waals surface area contributed by atoms with Crippen molar-refractivity contribution >= 4 is 29.5 Å². The predicted octanol–water partition coefficient (Wildman–Crippen LogP) is 17.1. The molecule has 0 radical (unpaired) electrons. The third kappa shape index (κ3) is 24.5. The molecule has 6 aromatic rings. The zero-order valence-electron chi connectivity index (χ0n) is 55.9.